The highest BCUT2D eigenvalue weighted by atomic mass is 32.2. The summed E-state index contributed by atoms with van der Waals surface area (Å²) in [5.74, 6) is 2.46. The molecule has 0 aliphatic heterocycles. The maximum absolute atomic E-state index is 13.3. The number of ether oxygens (including phenoxy) is 7. The second-order valence-corrected chi connectivity index (χ2v) is 23.2. The summed E-state index contributed by atoms with van der Waals surface area (Å²) < 4.78 is 118. The van der Waals surface area contributed by atoms with E-state index >= 15 is 0 Å². The Kier molecular flexibility index (Phi) is 18.7. The van der Waals surface area contributed by atoms with E-state index in [9.17, 15) is 34.8 Å². The number of nitrogens with zero attached hydrogens (tertiary/aromatic N) is 2. The van der Waals surface area contributed by atoms with Gasteiger partial charge in [-0.2, -0.15) is 0 Å². The molecule has 0 saturated heterocycles. The maximum atomic E-state index is 13.3. The monoisotopic (exact) mass is 1140 g/mol. The Morgan fingerprint density at radius 2 is 0.785 bits per heavy atom. The molecule has 0 aliphatic carbocycles. The maximum Gasteiger partial charge on any atom is 0.305 e. The topological polar surface area (TPSA) is 247 Å². The molecule has 3 aromatic heterocycles. The zero-order valence-corrected chi connectivity index (χ0v) is 46.7. The van der Waals surface area contributed by atoms with Crippen LogP contribution in [0.5, 0.6) is 34.5 Å². The molecule has 22 heteroatoms. The normalized spacial score (nSPS) is 11.5. The van der Waals surface area contributed by atoms with Crippen LogP contribution >= 0.6 is 0 Å². The SMILES string of the molecule is COC(=O)CCCn1cc(S(=O)(=O)c2ccc(OC)cc2)c2ccc(OC)cc21.COc1ccc(S(=O)(=O)c2c[nH]c3cc(OC)ccc23)cc1.COc1ccc(S(=O)(=O)c2cn(CCCC(=O)O)c3cc(OC)ccc23)cc1. The van der Waals surface area contributed by atoms with E-state index in [2.05, 4.69) is 9.72 Å². The lowest BCUT2D eigenvalue weighted by Gasteiger charge is -2.06. The Morgan fingerprint density at radius 3 is 1.15 bits per heavy atom. The van der Waals surface area contributed by atoms with E-state index in [4.69, 9.17) is 33.5 Å². The van der Waals surface area contributed by atoms with Crippen molar-refractivity contribution >= 4 is 74.2 Å². The molecule has 3 heterocycles. The molecule has 0 saturated carbocycles. The molecule has 0 spiro atoms. The number of aromatic nitrogens is 3. The molecule has 79 heavy (non-hydrogen) atoms. The first-order valence-corrected chi connectivity index (χ1v) is 28.7. The van der Waals surface area contributed by atoms with E-state index in [-0.39, 0.29) is 48.2 Å². The molecule has 9 rings (SSSR count). The van der Waals surface area contributed by atoms with Crippen molar-refractivity contribution in [3.8, 4) is 34.5 Å². The Hall–Kier alpha value is -8.47. The number of esters is 1. The fourth-order valence-corrected chi connectivity index (χ4v) is 12.9. The van der Waals surface area contributed by atoms with E-state index < -0.39 is 35.5 Å². The fraction of sp³-hybridized carbons (Fsp3) is 0.228. The van der Waals surface area contributed by atoms with Gasteiger partial charge in [-0.25, -0.2) is 25.3 Å². The number of aromatic amines is 1. The smallest absolute Gasteiger partial charge is 0.305 e. The van der Waals surface area contributed by atoms with Crippen molar-refractivity contribution < 1.29 is 73.1 Å². The van der Waals surface area contributed by atoms with Crippen molar-refractivity contribution in [1.82, 2.24) is 14.1 Å². The molecular formula is C57H59N3O16S3. The van der Waals surface area contributed by atoms with Crippen molar-refractivity contribution in [1.29, 1.82) is 0 Å². The van der Waals surface area contributed by atoms with E-state index in [1.807, 2.05) is 4.57 Å². The van der Waals surface area contributed by atoms with Gasteiger partial charge in [0.2, 0.25) is 29.5 Å². The molecule has 0 radical (unpaired) electrons. The lowest BCUT2D eigenvalue weighted by atomic mass is 10.2. The lowest BCUT2D eigenvalue weighted by Crippen LogP contribution is -2.04. The number of carboxylic acids is 1. The average Bonchev–Trinajstić information content (AvgIpc) is 4.33. The third kappa shape index (κ3) is 13.1. The number of benzene rings is 6. The van der Waals surface area contributed by atoms with Crippen molar-refractivity contribution in [3.05, 3.63) is 146 Å². The summed E-state index contributed by atoms with van der Waals surface area (Å²) in [6.45, 7) is 0.852. The predicted octanol–water partition coefficient (Wildman–Crippen LogP) is 9.82. The first-order chi connectivity index (χ1) is 37.8. The van der Waals surface area contributed by atoms with Crippen LogP contribution < -0.4 is 28.4 Å². The number of aliphatic carboxylic acids is 1. The summed E-state index contributed by atoms with van der Waals surface area (Å²) in [6, 6.07) is 34.5. The van der Waals surface area contributed by atoms with Crippen LogP contribution in [0.25, 0.3) is 32.7 Å². The molecule has 0 atom stereocenters. The third-order valence-electron chi connectivity index (χ3n) is 12.7. The summed E-state index contributed by atoms with van der Waals surface area (Å²) in [5, 5.41) is 10.7. The van der Waals surface area contributed by atoms with Gasteiger partial charge in [0.25, 0.3) is 0 Å². The highest BCUT2D eigenvalue weighted by molar-refractivity contribution is 7.92. The van der Waals surface area contributed by atoms with Gasteiger partial charge in [-0.15, -0.1) is 0 Å². The molecular weight excluding hydrogens is 1080 g/mol. The average molecular weight is 1140 g/mol. The number of H-pyrrole nitrogens is 1. The first-order valence-electron chi connectivity index (χ1n) is 24.3. The minimum atomic E-state index is -3.76. The standard InChI is InChI=1S/C21H23NO6S.C20H21NO6S.C16H15NO4S/c1-26-15-6-9-17(10-7-15)29(24,25)20-14-22(12-4-5-21(23)28-3)19-13-16(27-2)8-11-18(19)20;1-26-14-5-8-16(9-6-14)28(24,25)19-13-21(11-3-4-20(22)23)18-12-15(27-2)7-10-17(18)19;1-20-11-3-6-13(7-4-11)22(18,19)16-10-17-15-9-12(21-2)5-8-14(15)16/h6-11,13-14H,4-5,12H2,1-3H3;5-10,12-13H,3-4,11H2,1-2H3,(H,22,23);3-10,17H,1-2H3. The zero-order valence-electron chi connectivity index (χ0n) is 44.3. The van der Waals surface area contributed by atoms with Gasteiger partial charge in [0.15, 0.2) is 0 Å². The van der Waals surface area contributed by atoms with Crippen LogP contribution in [0.2, 0.25) is 0 Å². The number of hydrogen-bond acceptors (Lipinski definition) is 15. The summed E-state index contributed by atoms with van der Waals surface area (Å²) in [6.07, 6.45) is 5.84. The molecule has 9 aromatic rings. The molecule has 6 aromatic carbocycles. The second kappa shape index (κ2) is 25.3. The van der Waals surface area contributed by atoms with Crippen molar-refractivity contribution in [2.24, 2.45) is 0 Å². The van der Waals surface area contributed by atoms with Crippen molar-refractivity contribution in [2.75, 3.05) is 49.8 Å². The number of nitrogens with one attached hydrogen (secondary N) is 1. The number of fused-ring (bicyclic) bond motifs is 3. The van der Waals surface area contributed by atoms with Crippen LogP contribution in [0, 0.1) is 0 Å². The summed E-state index contributed by atoms with van der Waals surface area (Å²) in [4.78, 5) is 26.4. The van der Waals surface area contributed by atoms with Crippen LogP contribution in [0.4, 0.5) is 0 Å². The Morgan fingerprint density at radius 1 is 0.443 bits per heavy atom. The van der Waals surface area contributed by atoms with Crippen LogP contribution in [0.3, 0.4) is 0 Å². The van der Waals surface area contributed by atoms with Crippen LogP contribution in [0.15, 0.2) is 175 Å². The quantitative estimate of drug-likeness (QED) is 0.0674. The predicted molar refractivity (Wildman–Crippen MR) is 295 cm³/mol. The number of carboxylic acid groups (broad SMARTS) is 1. The highest BCUT2D eigenvalue weighted by Crippen LogP contribution is 2.36. The number of carbonyl (C=O) groups is 2. The molecule has 416 valence electrons. The Bertz CT molecular complexity index is 3940. The van der Waals surface area contributed by atoms with Gasteiger partial charge >= 0.3 is 11.9 Å². The van der Waals surface area contributed by atoms with Gasteiger partial charge in [0.1, 0.15) is 34.5 Å². The third-order valence-corrected chi connectivity index (χ3v) is 18.1. The first kappa shape index (κ1) is 58.2. The van der Waals surface area contributed by atoms with E-state index in [1.165, 1.54) is 78.1 Å². The lowest BCUT2D eigenvalue weighted by molar-refractivity contribution is -0.141. The Labute approximate surface area is 457 Å². The van der Waals surface area contributed by atoms with Crippen LogP contribution in [0.1, 0.15) is 25.7 Å². The largest absolute Gasteiger partial charge is 0.497 e. The van der Waals surface area contributed by atoms with Gasteiger partial charge in [-0.05, 0) is 122 Å². The van der Waals surface area contributed by atoms with E-state index in [1.54, 1.807) is 122 Å². The van der Waals surface area contributed by atoms with Gasteiger partial charge in [0, 0.05) is 78.9 Å². The zero-order chi connectivity index (χ0) is 57.1. The molecule has 0 fully saturated rings. The summed E-state index contributed by atoms with van der Waals surface area (Å²) in [7, 11) is -0.517. The Balaban J connectivity index is 0.000000173. The van der Waals surface area contributed by atoms with Gasteiger partial charge < -0.3 is 52.4 Å². The number of carbonyl (C=O) groups excluding carboxylic acids is 1. The number of rotatable bonds is 20. The minimum absolute atomic E-state index is 0.00417. The van der Waals surface area contributed by atoms with Crippen LogP contribution in [-0.4, -0.2) is 106 Å². The number of aryl methyl sites for hydroxylation is 2. The number of hydrogen-bond donors (Lipinski definition) is 2. The molecule has 0 bridgehead atoms. The summed E-state index contributed by atoms with van der Waals surface area (Å²) in [5.41, 5.74) is 2.12. The van der Waals surface area contributed by atoms with Gasteiger partial charge in [0.05, 0.1) is 95.7 Å². The number of sulfone groups is 3. The van der Waals surface area contributed by atoms with Crippen LogP contribution in [-0.2, 0) is 56.9 Å². The van der Waals surface area contributed by atoms with E-state index in [0.717, 1.165) is 5.52 Å². The second-order valence-electron chi connectivity index (χ2n) is 17.4. The molecule has 0 amide bonds. The summed E-state index contributed by atoms with van der Waals surface area (Å²) >= 11 is 0. The van der Waals surface area contributed by atoms with Crippen molar-refractivity contribution in [2.45, 2.75) is 68.1 Å². The molecule has 2 N–H and O–H groups in total. The minimum Gasteiger partial charge on any atom is -0.497 e. The molecule has 19 nitrogen and oxygen atoms in total. The highest BCUT2D eigenvalue weighted by Gasteiger charge is 2.26. The fourth-order valence-electron chi connectivity index (χ4n) is 8.50. The van der Waals surface area contributed by atoms with Gasteiger partial charge in [-0.1, -0.05) is 0 Å². The van der Waals surface area contributed by atoms with Gasteiger partial charge in [-0.3, -0.25) is 9.59 Å². The number of methoxy groups -OCH3 is 7. The molecule has 0 unspecified atom stereocenters. The van der Waals surface area contributed by atoms with E-state index in [0.29, 0.717) is 87.6 Å². The van der Waals surface area contributed by atoms with Crippen molar-refractivity contribution in [3.63, 3.8) is 0 Å². The molecule has 0 aliphatic rings.